The van der Waals surface area contributed by atoms with Crippen molar-refractivity contribution in [2.24, 2.45) is 22.5 Å². The van der Waals surface area contributed by atoms with Crippen LogP contribution in [0.25, 0.3) is 0 Å². The van der Waals surface area contributed by atoms with E-state index in [4.69, 9.17) is 5.73 Å². The molecule has 3 aliphatic rings. The van der Waals surface area contributed by atoms with E-state index in [2.05, 4.69) is 15.9 Å². The zero-order valence-electron chi connectivity index (χ0n) is 14.9. The quantitative estimate of drug-likeness (QED) is 0.702. The Balaban J connectivity index is 1.93. The summed E-state index contributed by atoms with van der Waals surface area (Å²) in [7, 11) is -4.48. The van der Waals surface area contributed by atoms with Crippen molar-refractivity contribution in [3.8, 4) is 0 Å². The first-order chi connectivity index (χ1) is 12.0. The average molecular weight is 442 g/mol. The molecule has 0 radical (unpaired) electrons. The van der Waals surface area contributed by atoms with Gasteiger partial charge in [0, 0.05) is 22.9 Å². The number of carbonyl (C=O) groups excluding carboxylic acids is 1. The van der Waals surface area contributed by atoms with Crippen LogP contribution in [0.5, 0.6) is 0 Å². The average Bonchev–Trinajstić information content (AvgIpc) is 3.01. The van der Waals surface area contributed by atoms with Gasteiger partial charge in [-0.15, -0.1) is 0 Å². The van der Waals surface area contributed by atoms with E-state index in [-0.39, 0.29) is 11.7 Å². The number of hydrogen-bond donors (Lipinski definition) is 2. The van der Waals surface area contributed by atoms with E-state index in [9.17, 15) is 17.8 Å². The topological polar surface area (TPSA) is 97.5 Å². The second-order valence-electron chi connectivity index (χ2n) is 8.73. The van der Waals surface area contributed by atoms with Crippen molar-refractivity contribution in [3.63, 3.8) is 0 Å². The molecule has 0 saturated heterocycles. The number of halogens is 1. The molecule has 2 saturated carbocycles. The molecule has 0 spiro atoms. The fraction of sp³-hybridized carbons (Fsp3) is 0.632. The lowest BCUT2D eigenvalue weighted by molar-refractivity contribution is -0.130. The third kappa shape index (κ3) is 2.26. The molecule has 3 aliphatic carbocycles. The molecule has 5 nitrogen and oxygen atoms in total. The summed E-state index contributed by atoms with van der Waals surface area (Å²) in [6.07, 6.45) is 2.26. The highest BCUT2D eigenvalue weighted by Crippen LogP contribution is 2.68. The van der Waals surface area contributed by atoms with Crippen molar-refractivity contribution < 1.29 is 17.8 Å². The Hall–Kier alpha value is -0.760. The second-order valence-corrected chi connectivity index (χ2v) is 11.2. The van der Waals surface area contributed by atoms with E-state index >= 15 is 0 Å². The summed E-state index contributed by atoms with van der Waals surface area (Å²) in [4.78, 5) is 13.1. The van der Waals surface area contributed by atoms with Gasteiger partial charge in [0.2, 0.25) is 0 Å². The van der Waals surface area contributed by atoms with E-state index in [1.807, 2.05) is 32.0 Å². The second kappa shape index (κ2) is 5.63. The van der Waals surface area contributed by atoms with Crippen molar-refractivity contribution in [1.82, 2.24) is 0 Å². The Labute approximate surface area is 162 Å². The Bertz CT molecular complexity index is 897. The van der Waals surface area contributed by atoms with Gasteiger partial charge in [-0.05, 0) is 53.9 Å². The first-order valence-corrected chi connectivity index (χ1v) is 11.3. The zero-order valence-corrected chi connectivity index (χ0v) is 17.3. The molecule has 4 rings (SSSR count). The number of ketones is 1. The van der Waals surface area contributed by atoms with Crippen molar-refractivity contribution >= 4 is 31.8 Å². The maximum Gasteiger partial charge on any atom is 0.269 e. The highest BCUT2D eigenvalue weighted by Gasteiger charge is 2.71. The van der Waals surface area contributed by atoms with Gasteiger partial charge in [-0.25, -0.2) is 0 Å². The van der Waals surface area contributed by atoms with E-state index in [0.717, 1.165) is 22.0 Å². The van der Waals surface area contributed by atoms with Crippen LogP contribution in [-0.2, 0) is 21.3 Å². The fourth-order valence-corrected chi connectivity index (χ4v) is 8.39. The molecule has 142 valence electrons. The molecule has 2 bridgehead atoms. The summed E-state index contributed by atoms with van der Waals surface area (Å²) in [5.41, 5.74) is 6.70. The summed E-state index contributed by atoms with van der Waals surface area (Å²) >= 11 is 3.44. The minimum Gasteiger partial charge on any atom is -0.327 e. The number of hydrogen-bond acceptors (Lipinski definition) is 4. The van der Waals surface area contributed by atoms with Crippen LogP contribution in [0.2, 0.25) is 0 Å². The van der Waals surface area contributed by atoms with Crippen LogP contribution in [0, 0.1) is 16.7 Å². The third-order valence-electron chi connectivity index (χ3n) is 7.50. The van der Waals surface area contributed by atoms with Gasteiger partial charge >= 0.3 is 0 Å². The monoisotopic (exact) mass is 441 g/mol. The van der Waals surface area contributed by atoms with Gasteiger partial charge in [0.1, 0.15) is 11.0 Å². The Morgan fingerprint density at radius 3 is 2.54 bits per heavy atom. The van der Waals surface area contributed by atoms with Crippen LogP contribution < -0.4 is 5.73 Å². The lowest BCUT2D eigenvalue weighted by Gasteiger charge is -2.44. The molecule has 1 aromatic rings. The Morgan fingerprint density at radius 2 is 2.00 bits per heavy atom. The largest absolute Gasteiger partial charge is 0.327 e. The molecule has 5 atom stereocenters. The van der Waals surface area contributed by atoms with Gasteiger partial charge in [-0.2, -0.15) is 8.42 Å². The van der Waals surface area contributed by atoms with Gasteiger partial charge in [-0.1, -0.05) is 35.8 Å². The maximum atomic E-state index is 13.1. The molecule has 0 aliphatic heterocycles. The zero-order chi connectivity index (χ0) is 19.1. The molecule has 0 heterocycles. The first kappa shape index (κ1) is 18.6. The number of nitrogens with two attached hydrogens (primary N) is 1. The highest BCUT2D eigenvalue weighted by atomic mass is 79.9. The number of benzene rings is 1. The number of fused-ring (bicyclic) bond motifs is 3. The van der Waals surface area contributed by atoms with Crippen molar-refractivity contribution in [3.05, 3.63) is 33.8 Å². The minimum absolute atomic E-state index is 0.0286. The smallest absolute Gasteiger partial charge is 0.269 e. The summed E-state index contributed by atoms with van der Waals surface area (Å²) in [6.45, 7) is 3.97. The minimum atomic E-state index is -4.48. The molecular formula is C19H24BrNO4S. The standard InChI is InChI=1S/C19H24BrNO4S/c1-18(2)11-5-6-19(18,15(22)9-11)17(26(23,24)25)16-13-4-3-12(20)7-10(13)8-14(16)21/h3-4,7,11,14,16-17H,5-6,8-9,21H2,1-2H3,(H,23,24,25)/t11-,14+,16?,17?,19+/m0/s1. The molecule has 3 N–H and O–H groups in total. The van der Waals surface area contributed by atoms with Gasteiger partial charge in [0.15, 0.2) is 0 Å². The van der Waals surface area contributed by atoms with Crippen LogP contribution in [0.15, 0.2) is 22.7 Å². The highest BCUT2D eigenvalue weighted by molar-refractivity contribution is 9.10. The molecular weight excluding hydrogens is 418 g/mol. The van der Waals surface area contributed by atoms with E-state index in [1.165, 1.54) is 0 Å². The molecule has 2 fully saturated rings. The lowest BCUT2D eigenvalue weighted by atomic mass is 9.63. The molecule has 2 unspecified atom stereocenters. The predicted octanol–water partition coefficient (Wildman–Crippen LogP) is 3.07. The lowest BCUT2D eigenvalue weighted by Crippen LogP contribution is -2.55. The van der Waals surface area contributed by atoms with Crippen LogP contribution in [0.3, 0.4) is 0 Å². The van der Waals surface area contributed by atoms with Gasteiger partial charge in [0.25, 0.3) is 10.1 Å². The molecule has 26 heavy (non-hydrogen) atoms. The maximum absolute atomic E-state index is 13.1. The molecule has 0 aromatic heterocycles. The summed E-state index contributed by atoms with van der Waals surface area (Å²) in [5.74, 6) is -0.437. The van der Waals surface area contributed by atoms with Crippen LogP contribution in [-0.4, -0.2) is 30.0 Å². The number of carbonyl (C=O) groups is 1. The van der Waals surface area contributed by atoms with Crippen LogP contribution >= 0.6 is 15.9 Å². The first-order valence-electron chi connectivity index (χ1n) is 9.03. The fourth-order valence-electron chi connectivity index (χ4n) is 6.20. The SMILES string of the molecule is CC1(C)[C@H]2CC[C@]1(C(C1c3ccc(Br)cc3C[C@H]1N)S(=O)(=O)O)C(=O)C2. The number of rotatable bonds is 3. The van der Waals surface area contributed by atoms with E-state index < -0.39 is 38.2 Å². The molecule has 7 heteroatoms. The summed E-state index contributed by atoms with van der Waals surface area (Å²) in [5, 5.41) is -1.19. The Kier molecular flexibility index (Phi) is 4.02. The Morgan fingerprint density at radius 1 is 1.31 bits per heavy atom. The third-order valence-corrected chi connectivity index (χ3v) is 9.33. The number of Topliss-reactive ketones (excluding diaryl/α,β-unsaturated/α-hetero) is 1. The van der Waals surface area contributed by atoms with E-state index in [1.54, 1.807) is 0 Å². The van der Waals surface area contributed by atoms with Crippen LogP contribution in [0.1, 0.15) is 50.2 Å². The van der Waals surface area contributed by atoms with Gasteiger partial charge in [0.05, 0.1) is 5.41 Å². The van der Waals surface area contributed by atoms with Crippen molar-refractivity contribution in [2.75, 3.05) is 0 Å². The normalized spacial score (nSPS) is 36.3. The van der Waals surface area contributed by atoms with Gasteiger partial charge in [-0.3, -0.25) is 9.35 Å². The van der Waals surface area contributed by atoms with Crippen LogP contribution in [0.4, 0.5) is 0 Å². The summed E-state index contributed by atoms with van der Waals surface area (Å²) < 4.78 is 36.6. The van der Waals surface area contributed by atoms with E-state index in [0.29, 0.717) is 19.3 Å². The predicted molar refractivity (Wildman–Crippen MR) is 102 cm³/mol. The van der Waals surface area contributed by atoms with Crippen molar-refractivity contribution in [2.45, 2.75) is 56.7 Å². The molecule has 1 aromatic carbocycles. The molecule has 0 amide bonds. The van der Waals surface area contributed by atoms with Gasteiger partial charge < -0.3 is 5.73 Å². The van der Waals surface area contributed by atoms with Crippen molar-refractivity contribution in [1.29, 1.82) is 0 Å². The summed E-state index contributed by atoms with van der Waals surface area (Å²) in [6, 6.07) is 5.25.